The summed E-state index contributed by atoms with van der Waals surface area (Å²) in [6.45, 7) is 0.178. The van der Waals surface area contributed by atoms with Crippen LogP contribution < -0.4 is 11.0 Å². The Morgan fingerprint density at radius 2 is 1.80 bits per heavy atom. The van der Waals surface area contributed by atoms with Crippen molar-refractivity contribution < 1.29 is 29.3 Å². The fourth-order valence-electron chi connectivity index (χ4n) is 5.23. The number of fused-ring (bicyclic) bond motifs is 3. The Labute approximate surface area is 231 Å². The molecule has 2 heterocycles. The van der Waals surface area contributed by atoms with Crippen LogP contribution in [0, 0.1) is 0 Å². The number of rotatable bonds is 9. The van der Waals surface area contributed by atoms with Crippen molar-refractivity contribution in [2.24, 2.45) is 0 Å². The number of aliphatic hydroxyl groups excluding tert-OH is 2. The molecule has 0 unspecified atom stereocenters. The van der Waals surface area contributed by atoms with Gasteiger partial charge < -0.3 is 29.9 Å². The molecule has 1 saturated heterocycles. The highest BCUT2D eigenvalue weighted by Gasteiger charge is 2.35. The number of nitrogens with one attached hydrogen (secondary N) is 1. The minimum absolute atomic E-state index is 0.0279. The number of aliphatic hydroxyl groups is 2. The van der Waals surface area contributed by atoms with Crippen LogP contribution in [0.3, 0.4) is 0 Å². The van der Waals surface area contributed by atoms with E-state index in [-0.39, 0.29) is 43.7 Å². The van der Waals surface area contributed by atoms with Crippen molar-refractivity contribution >= 4 is 17.8 Å². The van der Waals surface area contributed by atoms with E-state index in [9.17, 15) is 24.6 Å². The number of carbonyl (C=O) groups excluding carboxylic acids is 2. The van der Waals surface area contributed by atoms with E-state index >= 15 is 0 Å². The van der Waals surface area contributed by atoms with Gasteiger partial charge in [0.05, 0.1) is 12.7 Å². The molecule has 2 aromatic carbocycles. The molecule has 210 valence electrons. The van der Waals surface area contributed by atoms with Crippen LogP contribution in [0.15, 0.2) is 65.6 Å². The minimum atomic E-state index is -0.882. The lowest BCUT2D eigenvalue weighted by Crippen LogP contribution is -2.30. The lowest BCUT2D eigenvalue weighted by atomic mass is 9.98. The second-order valence-electron chi connectivity index (χ2n) is 9.99. The third kappa shape index (κ3) is 5.76. The number of benzene rings is 2. The highest BCUT2D eigenvalue weighted by Crippen LogP contribution is 2.44. The molecule has 0 saturated carbocycles. The van der Waals surface area contributed by atoms with Crippen LogP contribution in [0.5, 0.6) is 0 Å². The van der Waals surface area contributed by atoms with Crippen LogP contribution >= 0.6 is 0 Å². The summed E-state index contributed by atoms with van der Waals surface area (Å²) in [4.78, 5) is 42.7. The Balaban J connectivity index is 1.07. The molecule has 1 aromatic heterocycles. The summed E-state index contributed by atoms with van der Waals surface area (Å²) >= 11 is 0. The van der Waals surface area contributed by atoms with Gasteiger partial charge in [-0.3, -0.25) is 9.36 Å². The van der Waals surface area contributed by atoms with Gasteiger partial charge >= 0.3 is 11.8 Å². The van der Waals surface area contributed by atoms with Gasteiger partial charge in [0.25, 0.3) is 0 Å². The molecule has 0 spiro atoms. The maximum atomic E-state index is 12.6. The van der Waals surface area contributed by atoms with E-state index in [2.05, 4.69) is 34.6 Å². The Morgan fingerprint density at radius 1 is 1.12 bits per heavy atom. The molecule has 5 rings (SSSR count). The number of amides is 2. The zero-order chi connectivity index (χ0) is 28.2. The Hall–Kier alpha value is -4.06. The first-order valence-electron chi connectivity index (χ1n) is 13.2. The van der Waals surface area contributed by atoms with E-state index in [0.717, 1.165) is 22.3 Å². The van der Waals surface area contributed by atoms with Crippen LogP contribution in [0.4, 0.5) is 10.6 Å². The summed E-state index contributed by atoms with van der Waals surface area (Å²) in [5.41, 5.74) is 3.95. The number of nitrogens with zero attached hydrogens (tertiary/aromatic N) is 3. The Kier molecular flexibility index (Phi) is 8.24. The van der Waals surface area contributed by atoms with Crippen molar-refractivity contribution in [2.75, 3.05) is 32.1 Å². The standard InChI is InChI=1S/C29H32N4O7/c1-32(29(38)39-17-22-20-9-4-2-7-18(20)19-8-3-5-10-21(19)22)13-6-11-26(36)30-25-12-14-33(28(37)31-25)27-15-23(35)24(16-34)40-27/h2-5,7-10,12,14,22-24,27,34-35H,6,11,13,15-17H2,1H3,(H,30,31,36,37)/t23-,24+,27+/m0/s1. The van der Waals surface area contributed by atoms with Crippen molar-refractivity contribution in [1.29, 1.82) is 0 Å². The molecule has 1 aliphatic carbocycles. The lowest BCUT2D eigenvalue weighted by molar-refractivity contribution is -0.116. The summed E-state index contributed by atoms with van der Waals surface area (Å²) in [7, 11) is 1.63. The molecule has 3 aromatic rings. The number of carbonyl (C=O) groups is 2. The largest absolute Gasteiger partial charge is 0.448 e. The first-order valence-corrected chi connectivity index (χ1v) is 13.2. The second-order valence-corrected chi connectivity index (χ2v) is 9.99. The van der Waals surface area contributed by atoms with Gasteiger partial charge in [0.15, 0.2) is 0 Å². The van der Waals surface area contributed by atoms with Crippen molar-refractivity contribution in [3.8, 4) is 11.1 Å². The third-order valence-electron chi connectivity index (χ3n) is 7.34. The molecule has 0 radical (unpaired) electrons. The van der Waals surface area contributed by atoms with E-state index in [1.165, 1.54) is 21.7 Å². The molecule has 2 aliphatic rings. The highest BCUT2D eigenvalue weighted by atomic mass is 16.6. The Morgan fingerprint density at radius 3 is 2.42 bits per heavy atom. The molecule has 11 nitrogen and oxygen atoms in total. The van der Waals surface area contributed by atoms with Crippen LogP contribution in [0.1, 0.15) is 42.5 Å². The smallest absolute Gasteiger partial charge is 0.409 e. The lowest BCUT2D eigenvalue weighted by Gasteiger charge is -2.19. The van der Waals surface area contributed by atoms with Gasteiger partial charge in [-0.2, -0.15) is 4.98 Å². The first-order chi connectivity index (χ1) is 19.4. The van der Waals surface area contributed by atoms with E-state index in [1.54, 1.807) is 7.05 Å². The number of aromatic nitrogens is 2. The minimum Gasteiger partial charge on any atom is -0.448 e. The monoisotopic (exact) mass is 548 g/mol. The van der Waals surface area contributed by atoms with Crippen LogP contribution in [0.2, 0.25) is 0 Å². The molecule has 2 amide bonds. The molecule has 0 bridgehead atoms. The summed E-state index contributed by atoms with van der Waals surface area (Å²) in [6, 6.07) is 17.7. The fourth-order valence-corrected chi connectivity index (χ4v) is 5.23. The van der Waals surface area contributed by atoms with Gasteiger partial charge in [-0.05, 0) is 34.7 Å². The van der Waals surface area contributed by atoms with E-state index < -0.39 is 30.2 Å². The van der Waals surface area contributed by atoms with Crippen molar-refractivity contribution in [1.82, 2.24) is 14.5 Å². The molecule has 1 fully saturated rings. The van der Waals surface area contributed by atoms with Crippen molar-refractivity contribution in [3.05, 3.63) is 82.4 Å². The molecular formula is C29H32N4O7. The molecule has 11 heteroatoms. The zero-order valence-electron chi connectivity index (χ0n) is 22.1. The maximum absolute atomic E-state index is 12.6. The SMILES string of the molecule is CN(CCCC(=O)Nc1ccn([C@H]2C[C@H](O)[C@@H](CO)O2)c(=O)n1)C(=O)OCC1c2ccccc2-c2ccccc21. The van der Waals surface area contributed by atoms with Crippen LogP contribution in [0.25, 0.3) is 11.1 Å². The van der Waals surface area contributed by atoms with Gasteiger partial charge in [-0.25, -0.2) is 9.59 Å². The average molecular weight is 549 g/mol. The second kappa shape index (κ2) is 12.0. The third-order valence-corrected chi connectivity index (χ3v) is 7.34. The zero-order valence-corrected chi connectivity index (χ0v) is 22.1. The van der Waals surface area contributed by atoms with Crippen LogP contribution in [-0.4, -0.2) is 75.7 Å². The van der Waals surface area contributed by atoms with E-state index in [0.29, 0.717) is 13.0 Å². The molecule has 1 aliphatic heterocycles. The highest BCUT2D eigenvalue weighted by molar-refractivity contribution is 5.89. The topological polar surface area (TPSA) is 143 Å². The van der Waals surface area contributed by atoms with E-state index in [1.807, 2.05) is 24.3 Å². The summed E-state index contributed by atoms with van der Waals surface area (Å²) in [5, 5.41) is 21.7. The van der Waals surface area contributed by atoms with Gasteiger partial charge in [-0.1, -0.05) is 48.5 Å². The summed E-state index contributed by atoms with van der Waals surface area (Å²) in [6.07, 6.45) is -0.777. The maximum Gasteiger partial charge on any atom is 0.409 e. The molecule has 3 N–H and O–H groups in total. The van der Waals surface area contributed by atoms with Gasteiger partial charge in [0.2, 0.25) is 5.91 Å². The fraction of sp³-hybridized carbons (Fsp3) is 0.379. The van der Waals surface area contributed by atoms with Gasteiger partial charge in [-0.15, -0.1) is 0 Å². The van der Waals surface area contributed by atoms with Crippen LogP contribution in [-0.2, 0) is 14.3 Å². The predicted octanol–water partition coefficient (Wildman–Crippen LogP) is 2.48. The molecular weight excluding hydrogens is 516 g/mol. The Bertz CT molecular complexity index is 1400. The van der Waals surface area contributed by atoms with Crippen molar-refractivity contribution in [2.45, 2.75) is 43.6 Å². The summed E-state index contributed by atoms with van der Waals surface area (Å²) in [5.74, 6) is -0.285. The predicted molar refractivity (Wildman–Crippen MR) is 146 cm³/mol. The first kappa shape index (κ1) is 27.5. The van der Waals surface area contributed by atoms with Gasteiger partial charge in [0.1, 0.15) is 24.8 Å². The molecule has 3 atom stereocenters. The molecule has 40 heavy (non-hydrogen) atoms. The number of anilines is 1. The summed E-state index contributed by atoms with van der Waals surface area (Å²) < 4.78 is 12.3. The van der Waals surface area contributed by atoms with Gasteiger partial charge in [0, 0.05) is 38.5 Å². The normalized spacial score (nSPS) is 19.6. The number of hydrogen-bond acceptors (Lipinski definition) is 8. The number of ether oxygens (including phenoxy) is 2. The van der Waals surface area contributed by atoms with Crippen molar-refractivity contribution in [3.63, 3.8) is 0 Å². The van der Waals surface area contributed by atoms with E-state index in [4.69, 9.17) is 9.47 Å². The number of hydrogen-bond donors (Lipinski definition) is 3. The average Bonchev–Trinajstić information content (AvgIpc) is 3.48. The quantitative estimate of drug-likeness (QED) is 0.370.